The van der Waals surface area contributed by atoms with Crippen LogP contribution in [0.2, 0.25) is 5.02 Å². The molecule has 0 spiro atoms. The SMILES string of the molecule is CN(C)C1CN(Cc2cn(Cc3ccc(Cl)cc3)nn2)S(=O)(=O)C1. The molecule has 1 aliphatic heterocycles. The molecular formula is C15H20ClN5O2S. The van der Waals surface area contributed by atoms with Crippen molar-refractivity contribution in [2.45, 2.75) is 19.1 Å². The molecule has 0 saturated carbocycles. The Bertz CT molecular complexity index is 804. The Labute approximate surface area is 146 Å². The second kappa shape index (κ2) is 6.79. The molecule has 24 heavy (non-hydrogen) atoms. The summed E-state index contributed by atoms with van der Waals surface area (Å²) in [7, 11) is 0.556. The molecule has 9 heteroatoms. The molecule has 2 heterocycles. The Morgan fingerprint density at radius 1 is 1.25 bits per heavy atom. The Morgan fingerprint density at radius 3 is 2.58 bits per heavy atom. The van der Waals surface area contributed by atoms with E-state index in [0.29, 0.717) is 23.8 Å². The van der Waals surface area contributed by atoms with Crippen molar-refractivity contribution in [3.05, 3.63) is 46.7 Å². The van der Waals surface area contributed by atoms with Gasteiger partial charge in [0, 0.05) is 17.6 Å². The highest BCUT2D eigenvalue weighted by molar-refractivity contribution is 7.89. The molecule has 1 aromatic carbocycles. The van der Waals surface area contributed by atoms with E-state index >= 15 is 0 Å². The summed E-state index contributed by atoms with van der Waals surface area (Å²) in [6.45, 7) is 1.31. The highest BCUT2D eigenvalue weighted by Crippen LogP contribution is 2.19. The second-order valence-corrected chi connectivity index (χ2v) is 8.67. The lowest BCUT2D eigenvalue weighted by Gasteiger charge is -2.17. The van der Waals surface area contributed by atoms with Gasteiger partial charge in [-0.3, -0.25) is 0 Å². The molecule has 1 fully saturated rings. The van der Waals surface area contributed by atoms with Gasteiger partial charge in [-0.2, -0.15) is 4.31 Å². The van der Waals surface area contributed by atoms with Crippen LogP contribution < -0.4 is 0 Å². The average Bonchev–Trinajstić information content (AvgIpc) is 3.07. The van der Waals surface area contributed by atoms with E-state index in [9.17, 15) is 8.42 Å². The fraction of sp³-hybridized carbons (Fsp3) is 0.467. The smallest absolute Gasteiger partial charge is 0.216 e. The number of nitrogens with zero attached hydrogens (tertiary/aromatic N) is 5. The van der Waals surface area contributed by atoms with Gasteiger partial charge in [0.1, 0.15) is 0 Å². The molecule has 7 nitrogen and oxygen atoms in total. The highest BCUT2D eigenvalue weighted by Gasteiger charge is 2.37. The third-order valence-corrected chi connectivity index (χ3v) is 6.25. The van der Waals surface area contributed by atoms with Gasteiger partial charge in [-0.25, -0.2) is 13.1 Å². The Balaban J connectivity index is 1.67. The molecule has 1 atom stereocenters. The molecule has 0 aliphatic carbocycles. The molecular weight excluding hydrogens is 350 g/mol. The molecule has 1 aromatic heterocycles. The molecule has 1 unspecified atom stereocenters. The van der Waals surface area contributed by atoms with E-state index in [0.717, 1.165) is 5.56 Å². The second-order valence-electron chi connectivity index (χ2n) is 6.22. The maximum atomic E-state index is 12.2. The number of aromatic nitrogens is 3. The largest absolute Gasteiger partial charge is 0.304 e. The molecule has 130 valence electrons. The summed E-state index contributed by atoms with van der Waals surface area (Å²) in [6.07, 6.45) is 1.78. The Morgan fingerprint density at radius 2 is 1.96 bits per heavy atom. The first-order valence-electron chi connectivity index (χ1n) is 7.61. The first-order valence-corrected chi connectivity index (χ1v) is 9.60. The molecule has 0 radical (unpaired) electrons. The van der Waals surface area contributed by atoms with Crippen molar-refractivity contribution in [3.8, 4) is 0 Å². The maximum absolute atomic E-state index is 12.2. The molecule has 1 saturated heterocycles. The number of halogens is 1. The van der Waals surface area contributed by atoms with Crippen molar-refractivity contribution in [2.75, 3.05) is 26.4 Å². The van der Waals surface area contributed by atoms with Gasteiger partial charge in [0.2, 0.25) is 10.0 Å². The third-order valence-electron chi connectivity index (χ3n) is 4.12. The number of benzene rings is 1. The number of rotatable bonds is 5. The zero-order valence-corrected chi connectivity index (χ0v) is 15.2. The van der Waals surface area contributed by atoms with E-state index in [1.807, 2.05) is 43.3 Å². The lowest BCUT2D eigenvalue weighted by molar-refractivity contribution is 0.284. The molecule has 0 amide bonds. The molecule has 0 bridgehead atoms. The minimum Gasteiger partial charge on any atom is -0.304 e. The van der Waals surface area contributed by atoms with Gasteiger partial charge >= 0.3 is 0 Å². The van der Waals surface area contributed by atoms with Crippen LogP contribution in [0.1, 0.15) is 11.3 Å². The first kappa shape index (κ1) is 17.3. The van der Waals surface area contributed by atoms with Gasteiger partial charge in [-0.05, 0) is 31.8 Å². The normalized spacial score (nSPS) is 20.8. The highest BCUT2D eigenvalue weighted by atomic mass is 35.5. The third kappa shape index (κ3) is 3.94. The van der Waals surface area contributed by atoms with Gasteiger partial charge in [0.05, 0.1) is 30.7 Å². The van der Waals surface area contributed by atoms with Gasteiger partial charge in [0.15, 0.2) is 0 Å². The summed E-state index contributed by atoms with van der Waals surface area (Å²) in [6, 6.07) is 7.52. The van der Waals surface area contributed by atoms with Crippen molar-refractivity contribution in [1.29, 1.82) is 0 Å². The van der Waals surface area contributed by atoms with E-state index in [1.165, 1.54) is 4.31 Å². The van der Waals surface area contributed by atoms with Crippen LogP contribution >= 0.6 is 11.6 Å². The number of hydrogen-bond donors (Lipinski definition) is 0. The summed E-state index contributed by atoms with van der Waals surface area (Å²) < 4.78 is 27.7. The molecule has 3 rings (SSSR count). The topological polar surface area (TPSA) is 71.3 Å². The number of hydrogen-bond acceptors (Lipinski definition) is 5. The predicted octanol–water partition coefficient (Wildman–Crippen LogP) is 1.06. The fourth-order valence-corrected chi connectivity index (χ4v) is 4.63. The summed E-state index contributed by atoms with van der Waals surface area (Å²) >= 11 is 5.87. The van der Waals surface area contributed by atoms with Crippen LogP contribution in [0.25, 0.3) is 0 Å². The van der Waals surface area contributed by atoms with Crippen molar-refractivity contribution in [3.63, 3.8) is 0 Å². The van der Waals surface area contributed by atoms with Crippen molar-refractivity contribution in [2.24, 2.45) is 0 Å². The maximum Gasteiger partial charge on any atom is 0.216 e. The van der Waals surface area contributed by atoms with Crippen LogP contribution in [-0.2, 0) is 23.1 Å². The van der Waals surface area contributed by atoms with Crippen LogP contribution in [-0.4, -0.2) is 65.1 Å². The summed E-state index contributed by atoms with van der Waals surface area (Å²) in [5.74, 6) is 0.152. The average molecular weight is 370 g/mol. The quantitative estimate of drug-likeness (QED) is 0.788. The minimum atomic E-state index is -3.23. The zero-order chi connectivity index (χ0) is 17.3. The summed E-state index contributed by atoms with van der Waals surface area (Å²) in [5.41, 5.74) is 1.70. The van der Waals surface area contributed by atoms with Crippen LogP contribution in [0.3, 0.4) is 0 Å². The van der Waals surface area contributed by atoms with Gasteiger partial charge in [-0.15, -0.1) is 5.10 Å². The lowest BCUT2D eigenvalue weighted by Crippen LogP contribution is -2.32. The fourth-order valence-electron chi connectivity index (χ4n) is 2.67. The van der Waals surface area contributed by atoms with E-state index in [2.05, 4.69) is 10.3 Å². The lowest BCUT2D eigenvalue weighted by atomic mass is 10.2. The Hall–Kier alpha value is -1.48. The van der Waals surface area contributed by atoms with Crippen LogP contribution in [0, 0.1) is 0 Å². The zero-order valence-electron chi connectivity index (χ0n) is 13.6. The van der Waals surface area contributed by atoms with Crippen molar-refractivity contribution < 1.29 is 8.42 Å². The standard InChI is InChI=1S/C15H20ClN5O2S/c1-19(2)15-10-21(24(22,23)11-15)9-14-8-20(18-17-14)7-12-3-5-13(16)6-4-12/h3-6,8,15H,7,9-11H2,1-2H3. The minimum absolute atomic E-state index is 0.0131. The Kier molecular flexibility index (Phi) is 4.91. The van der Waals surface area contributed by atoms with Crippen molar-refractivity contribution >= 4 is 21.6 Å². The number of sulfonamides is 1. The molecule has 0 N–H and O–H groups in total. The van der Waals surface area contributed by atoms with E-state index in [1.54, 1.807) is 10.9 Å². The van der Waals surface area contributed by atoms with E-state index in [-0.39, 0.29) is 18.3 Å². The van der Waals surface area contributed by atoms with E-state index < -0.39 is 10.0 Å². The van der Waals surface area contributed by atoms with Gasteiger partial charge in [0.25, 0.3) is 0 Å². The van der Waals surface area contributed by atoms with Crippen LogP contribution in [0.5, 0.6) is 0 Å². The summed E-state index contributed by atoms with van der Waals surface area (Å²) in [5, 5.41) is 8.86. The van der Waals surface area contributed by atoms with Gasteiger partial charge in [-0.1, -0.05) is 28.9 Å². The number of likely N-dealkylation sites (N-methyl/N-ethyl adjacent to an activating group) is 1. The van der Waals surface area contributed by atoms with Crippen LogP contribution in [0.15, 0.2) is 30.5 Å². The predicted molar refractivity (Wildman–Crippen MR) is 92.2 cm³/mol. The van der Waals surface area contributed by atoms with E-state index in [4.69, 9.17) is 11.6 Å². The van der Waals surface area contributed by atoms with Crippen LogP contribution in [0.4, 0.5) is 0 Å². The molecule has 1 aliphatic rings. The monoisotopic (exact) mass is 369 g/mol. The van der Waals surface area contributed by atoms with Crippen molar-refractivity contribution in [1.82, 2.24) is 24.2 Å². The first-order chi connectivity index (χ1) is 11.3. The molecule has 2 aromatic rings. The van der Waals surface area contributed by atoms with Gasteiger partial charge < -0.3 is 4.90 Å². The summed E-state index contributed by atoms with van der Waals surface area (Å²) in [4.78, 5) is 1.94.